The summed E-state index contributed by atoms with van der Waals surface area (Å²) >= 11 is 5.99. The third-order valence-corrected chi connectivity index (χ3v) is 6.32. The van der Waals surface area contributed by atoms with Gasteiger partial charge in [-0.1, -0.05) is 29.8 Å². The number of amides is 1. The minimum Gasteiger partial charge on any atom is -0.368 e. The van der Waals surface area contributed by atoms with Crippen LogP contribution in [0.4, 0.5) is 5.69 Å². The first-order chi connectivity index (χ1) is 12.4. The summed E-state index contributed by atoms with van der Waals surface area (Å²) in [5.74, 6) is -0.193. The molecular weight excluding hydrogens is 374 g/mol. The van der Waals surface area contributed by atoms with Crippen molar-refractivity contribution in [3.8, 4) is 0 Å². The first kappa shape index (κ1) is 18.7. The molecule has 1 N–H and O–H groups in total. The van der Waals surface area contributed by atoms with Crippen molar-refractivity contribution in [2.24, 2.45) is 0 Å². The molecule has 26 heavy (non-hydrogen) atoms. The minimum atomic E-state index is -3.72. The molecule has 2 aromatic rings. The van der Waals surface area contributed by atoms with Gasteiger partial charge in [0.05, 0.1) is 5.02 Å². The molecule has 1 fully saturated rings. The molecule has 1 aliphatic rings. The van der Waals surface area contributed by atoms with Crippen molar-refractivity contribution in [1.82, 2.24) is 9.62 Å². The van der Waals surface area contributed by atoms with E-state index in [1.165, 1.54) is 19.2 Å². The fourth-order valence-electron chi connectivity index (χ4n) is 2.94. The van der Waals surface area contributed by atoms with Crippen molar-refractivity contribution in [1.29, 1.82) is 0 Å². The first-order valence-electron chi connectivity index (χ1n) is 8.25. The molecule has 0 spiro atoms. The lowest BCUT2D eigenvalue weighted by atomic mass is 10.1. The Balaban J connectivity index is 1.74. The van der Waals surface area contributed by atoms with Gasteiger partial charge < -0.3 is 9.80 Å². The molecule has 0 aliphatic carbocycles. The highest BCUT2D eigenvalue weighted by atomic mass is 35.5. The molecule has 0 radical (unpaired) electrons. The fourth-order valence-corrected chi connectivity index (χ4v) is 4.19. The molecule has 138 valence electrons. The second kappa shape index (κ2) is 7.65. The smallest absolute Gasteiger partial charge is 0.254 e. The summed E-state index contributed by atoms with van der Waals surface area (Å²) in [5, 5.41) is 0.0878. The molecule has 6 nitrogen and oxygen atoms in total. The van der Waals surface area contributed by atoms with Crippen molar-refractivity contribution in [3.05, 3.63) is 59.1 Å². The Kier molecular flexibility index (Phi) is 5.50. The Bertz CT molecular complexity index is 895. The molecule has 0 bridgehead atoms. The van der Waals surface area contributed by atoms with Crippen LogP contribution in [0.5, 0.6) is 0 Å². The Morgan fingerprint density at radius 2 is 1.69 bits per heavy atom. The molecule has 3 rings (SSSR count). The summed E-state index contributed by atoms with van der Waals surface area (Å²) in [7, 11) is -2.41. The van der Waals surface area contributed by atoms with Gasteiger partial charge in [-0.15, -0.1) is 0 Å². The van der Waals surface area contributed by atoms with Crippen LogP contribution >= 0.6 is 11.6 Å². The molecule has 1 heterocycles. The molecule has 0 unspecified atom stereocenters. The number of nitrogens with one attached hydrogen (secondary N) is 1. The highest BCUT2D eigenvalue weighted by Crippen LogP contribution is 2.24. The predicted molar refractivity (Wildman–Crippen MR) is 102 cm³/mol. The molecule has 8 heteroatoms. The van der Waals surface area contributed by atoms with Crippen molar-refractivity contribution in [3.63, 3.8) is 0 Å². The highest BCUT2D eigenvalue weighted by Gasteiger charge is 2.24. The number of piperazine rings is 1. The number of anilines is 1. The lowest BCUT2D eigenvalue weighted by molar-refractivity contribution is 0.0746. The first-order valence-corrected chi connectivity index (χ1v) is 10.1. The Morgan fingerprint density at radius 3 is 2.31 bits per heavy atom. The summed E-state index contributed by atoms with van der Waals surface area (Å²) < 4.78 is 26.3. The van der Waals surface area contributed by atoms with Crippen LogP contribution in [0.1, 0.15) is 10.4 Å². The number of hydrogen-bond acceptors (Lipinski definition) is 4. The predicted octanol–water partition coefficient (Wildman–Crippen LogP) is 2.21. The summed E-state index contributed by atoms with van der Waals surface area (Å²) in [6, 6.07) is 14.4. The number of carbonyl (C=O) groups is 1. The monoisotopic (exact) mass is 393 g/mol. The fraction of sp³-hybridized carbons (Fsp3) is 0.278. The van der Waals surface area contributed by atoms with Gasteiger partial charge in [-0.3, -0.25) is 4.79 Å². The normalized spacial score (nSPS) is 15.2. The highest BCUT2D eigenvalue weighted by molar-refractivity contribution is 7.89. The standard InChI is InChI=1S/C18H20ClN3O3S/c1-20-26(24,25)17-13-14(7-8-16(17)19)18(23)22-11-9-21(10-12-22)15-5-3-2-4-6-15/h2-8,13,20H,9-12H2,1H3. The number of carbonyl (C=O) groups excluding carboxylic acids is 1. The molecule has 0 saturated carbocycles. The number of sulfonamides is 1. The number of halogens is 1. The van der Waals surface area contributed by atoms with Crippen LogP contribution in [0.3, 0.4) is 0 Å². The number of para-hydroxylation sites is 1. The second-order valence-corrected chi connectivity index (χ2v) is 8.23. The Labute approximate surface area is 158 Å². The van der Waals surface area contributed by atoms with Gasteiger partial charge in [0, 0.05) is 37.4 Å². The van der Waals surface area contributed by atoms with Gasteiger partial charge in [0.15, 0.2) is 0 Å². The summed E-state index contributed by atoms with van der Waals surface area (Å²) in [5.41, 5.74) is 1.45. The van der Waals surface area contributed by atoms with E-state index in [1.54, 1.807) is 11.0 Å². The van der Waals surface area contributed by atoms with Crippen molar-refractivity contribution in [2.75, 3.05) is 38.1 Å². The maximum Gasteiger partial charge on any atom is 0.254 e. The zero-order valence-electron chi connectivity index (χ0n) is 14.4. The minimum absolute atomic E-state index is 0.0876. The van der Waals surface area contributed by atoms with Crippen LogP contribution in [0.25, 0.3) is 0 Å². The molecule has 0 atom stereocenters. The van der Waals surface area contributed by atoms with Crippen LogP contribution in [0.2, 0.25) is 5.02 Å². The van der Waals surface area contributed by atoms with Gasteiger partial charge >= 0.3 is 0 Å². The van der Waals surface area contributed by atoms with E-state index in [9.17, 15) is 13.2 Å². The number of benzene rings is 2. The molecular formula is C18H20ClN3O3S. The number of hydrogen-bond donors (Lipinski definition) is 1. The lowest BCUT2D eigenvalue weighted by Gasteiger charge is -2.36. The molecule has 2 aromatic carbocycles. The zero-order chi connectivity index (χ0) is 18.7. The van der Waals surface area contributed by atoms with E-state index in [-0.39, 0.29) is 15.8 Å². The van der Waals surface area contributed by atoms with Gasteiger partial charge in [0.2, 0.25) is 10.0 Å². The van der Waals surface area contributed by atoms with Crippen LogP contribution in [-0.4, -0.2) is 52.5 Å². The molecule has 1 aliphatic heterocycles. The topological polar surface area (TPSA) is 69.7 Å². The Morgan fingerprint density at radius 1 is 1.04 bits per heavy atom. The van der Waals surface area contributed by atoms with Gasteiger partial charge in [-0.05, 0) is 37.4 Å². The summed E-state index contributed by atoms with van der Waals surface area (Å²) in [6.45, 7) is 2.60. The average Bonchev–Trinajstić information content (AvgIpc) is 2.68. The van der Waals surface area contributed by atoms with E-state index < -0.39 is 10.0 Å². The SMILES string of the molecule is CNS(=O)(=O)c1cc(C(=O)N2CCN(c3ccccc3)CC2)ccc1Cl. The van der Waals surface area contributed by atoms with Crippen LogP contribution < -0.4 is 9.62 Å². The van der Waals surface area contributed by atoms with E-state index >= 15 is 0 Å². The van der Waals surface area contributed by atoms with Crippen LogP contribution in [0, 0.1) is 0 Å². The third kappa shape index (κ3) is 3.85. The maximum absolute atomic E-state index is 12.8. The number of nitrogens with zero attached hydrogens (tertiary/aromatic N) is 2. The van der Waals surface area contributed by atoms with Crippen molar-refractivity contribution < 1.29 is 13.2 Å². The van der Waals surface area contributed by atoms with Crippen LogP contribution in [-0.2, 0) is 10.0 Å². The van der Waals surface area contributed by atoms with E-state index in [1.807, 2.05) is 30.3 Å². The van der Waals surface area contributed by atoms with Gasteiger partial charge in [-0.2, -0.15) is 0 Å². The second-order valence-electron chi connectivity index (χ2n) is 5.97. The molecule has 1 amide bonds. The van der Waals surface area contributed by atoms with Crippen LogP contribution in [0.15, 0.2) is 53.4 Å². The van der Waals surface area contributed by atoms with Gasteiger partial charge in [0.1, 0.15) is 4.90 Å². The lowest BCUT2D eigenvalue weighted by Crippen LogP contribution is -2.48. The quantitative estimate of drug-likeness (QED) is 0.864. The summed E-state index contributed by atoms with van der Waals surface area (Å²) in [4.78, 5) is 16.6. The average molecular weight is 394 g/mol. The van der Waals surface area contributed by atoms with E-state index in [2.05, 4.69) is 9.62 Å². The third-order valence-electron chi connectivity index (χ3n) is 4.42. The molecule has 1 saturated heterocycles. The van der Waals surface area contributed by atoms with Gasteiger partial charge in [0.25, 0.3) is 5.91 Å². The zero-order valence-corrected chi connectivity index (χ0v) is 15.9. The molecule has 0 aromatic heterocycles. The van der Waals surface area contributed by atoms with E-state index in [4.69, 9.17) is 11.6 Å². The van der Waals surface area contributed by atoms with Gasteiger partial charge in [-0.25, -0.2) is 13.1 Å². The van der Waals surface area contributed by atoms with Crippen molar-refractivity contribution in [2.45, 2.75) is 4.90 Å². The van der Waals surface area contributed by atoms with Crippen molar-refractivity contribution >= 4 is 33.2 Å². The largest absolute Gasteiger partial charge is 0.368 e. The van der Waals surface area contributed by atoms with E-state index in [0.717, 1.165) is 18.8 Å². The van der Waals surface area contributed by atoms with E-state index in [0.29, 0.717) is 18.7 Å². The number of rotatable bonds is 4. The summed E-state index contributed by atoms with van der Waals surface area (Å²) in [6.07, 6.45) is 0. The Hall–Kier alpha value is -2.09. The maximum atomic E-state index is 12.8.